The highest BCUT2D eigenvalue weighted by atomic mass is 79.9. The van der Waals surface area contributed by atoms with Gasteiger partial charge < -0.3 is 24.3 Å². The van der Waals surface area contributed by atoms with Crippen LogP contribution in [0.2, 0.25) is 0 Å². The van der Waals surface area contributed by atoms with Gasteiger partial charge in [0.25, 0.3) is 5.91 Å². The van der Waals surface area contributed by atoms with Crippen molar-refractivity contribution in [2.75, 3.05) is 32.8 Å². The number of nitriles is 1. The lowest BCUT2D eigenvalue weighted by Crippen LogP contribution is -2.14. The summed E-state index contributed by atoms with van der Waals surface area (Å²) in [5.41, 5.74) is 2.12. The summed E-state index contributed by atoms with van der Waals surface area (Å²) in [6.45, 7) is 2.46. The molecule has 0 saturated carbocycles. The molecule has 0 aliphatic rings. The number of para-hydroxylation sites is 1. The third kappa shape index (κ3) is 7.01. The number of hydrogen-bond donors (Lipinski definition) is 1. The lowest BCUT2D eigenvalue weighted by molar-refractivity contribution is -0.112. The van der Waals surface area contributed by atoms with E-state index in [9.17, 15) is 10.1 Å². The predicted octanol–water partition coefficient (Wildman–Crippen LogP) is 5.78. The molecular formula is C27H25BrN2O5. The van der Waals surface area contributed by atoms with E-state index in [4.69, 9.17) is 18.9 Å². The van der Waals surface area contributed by atoms with Gasteiger partial charge in [-0.2, -0.15) is 5.26 Å². The van der Waals surface area contributed by atoms with Gasteiger partial charge in [0, 0.05) is 11.8 Å². The van der Waals surface area contributed by atoms with Crippen LogP contribution in [-0.2, 0) is 4.79 Å². The van der Waals surface area contributed by atoms with Gasteiger partial charge in [-0.3, -0.25) is 4.79 Å². The molecule has 1 N–H and O–H groups in total. The fraction of sp³-hybridized carbons (Fsp3) is 0.185. The van der Waals surface area contributed by atoms with Crippen molar-refractivity contribution < 1.29 is 23.7 Å². The Morgan fingerprint density at radius 3 is 2.46 bits per heavy atom. The normalized spacial score (nSPS) is 10.8. The van der Waals surface area contributed by atoms with Crippen LogP contribution < -0.4 is 24.3 Å². The first-order valence-corrected chi connectivity index (χ1v) is 11.5. The third-order valence-electron chi connectivity index (χ3n) is 4.96. The third-order valence-corrected chi connectivity index (χ3v) is 5.55. The zero-order valence-corrected chi connectivity index (χ0v) is 21.2. The van der Waals surface area contributed by atoms with Gasteiger partial charge in [-0.25, -0.2) is 0 Å². The van der Waals surface area contributed by atoms with Crippen LogP contribution in [0, 0.1) is 18.3 Å². The standard InChI is InChI=1S/C27H25BrN2O5/c1-18-7-4-5-10-24(18)30-27(31)20(17-29)13-19-14-23(28)26(25(15-19)33-3)35-12-11-34-22-9-6-8-21(16-22)32-2/h4-10,13-16H,11-12H2,1-3H3,(H,30,31)/b20-13+. The number of amides is 1. The molecule has 3 aromatic rings. The molecule has 0 fully saturated rings. The van der Waals surface area contributed by atoms with Gasteiger partial charge in [0.15, 0.2) is 11.5 Å². The molecule has 0 unspecified atom stereocenters. The first kappa shape index (κ1) is 25.7. The van der Waals surface area contributed by atoms with E-state index in [-0.39, 0.29) is 12.2 Å². The molecule has 3 rings (SSSR count). The number of halogens is 1. The van der Waals surface area contributed by atoms with Crippen molar-refractivity contribution in [1.29, 1.82) is 5.26 Å². The van der Waals surface area contributed by atoms with E-state index in [1.54, 1.807) is 31.4 Å². The molecule has 1 amide bonds. The number of benzene rings is 3. The van der Waals surface area contributed by atoms with Crippen LogP contribution in [0.5, 0.6) is 23.0 Å². The maximum Gasteiger partial charge on any atom is 0.266 e. The van der Waals surface area contributed by atoms with Crippen LogP contribution in [0.4, 0.5) is 5.69 Å². The summed E-state index contributed by atoms with van der Waals surface area (Å²) in [5, 5.41) is 12.3. The molecule has 8 heteroatoms. The highest BCUT2D eigenvalue weighted by molar-refractivity contribution is 9.10. The Bertz CT molecular complexity index is 1270. The van der Waals surface area contributed by atoms with Gasteiger partial charge >= 0.3 is 0 Å². The Kier molecular flexibility index (Phi) is 9.16. The summed E-state index contributed by atoms with van der Waals surface area (Å²) >= 11 is 3.49. The smallest absolute Gasteiger partial charge is 0.266 e. The van der Waals surface area contributed by atoms with Crippen molar-refractivity contribution in [2.45, 2.75) is 6.92 Å². The first-order valence-electron chi connectivity index (χ1n) is 10.7. The molecule has 3 aromatic carbocycles. The van der Waals surface area contributed by atoms with Gasteiger partial charge in [0.1, 0.15) is 36.4 Å². The average molecular weight is 537 g/mol. The highest BCUT2D eigenvalue weighted by Gasteiger charge is 2.15. The fourth-order valence-corrected chi connectivity index (χ4v) is 3.75. The maximum atomic E-state index is 12.6. The molecule has 35 heavy (non-hydrogen) atoms. The molecule has 0 aromatic heterocycles. The van der Waals surface area contributed by atoms with E-state index in [1.807, 2.05) is 49.4 Å². The second-order valence-electron chi connectivity index (χ2n) is 7.35. The van der Waals surface area contributed by atoms with Crippen molar-refractivity contribution >= 4 is 33.6 Å². The largest absolute Gasteiger partial charge is 0.497 e. The van der Waals surface area contributed by atoms with Crippen molar-refractivity contribution in [3.63, 3.8) is 0 Å². The number of hydrogen-bond acceptors (Lipinski definition) is 6. The Balaban J connectivity index is 1.69. The molecular weight excluding hydrogens is 512 g/mol. The highest BCUT2D eigenvalue weighted by Crippen LogP contribution is 2.37. The van der Waals surface area contributed by atoms with E-state index in [1.165, 1.54) is 13.2 Å². The summed E-state index contributed by atoms with van der Waals surface area (Å²) in [6.07, 6.45) is 1.50. The maximum absolute atomic E-state index is 12.6. The van der Waals surface area contributed by atoms with E-state index in [0.29, 0.717) is 45.3 Å². The summed E-state index contributed by atoms with van der Waals surface area (Å²) in [4.78, 5) is 12.6. The van der Waals surface area contributed by atoms with Crippen LogP contribution in [0.1, 0.15) is 11.1 Å². The molecule has 0 aliphatic carbocycles. The fourth-order valence-electron chi connectivity index (χ4n) is 3.18. The molecule has 0 spiro atoms. The lowest BCUT2D eigenvalue weighted by atomic mass is 10.1. The lowest BCUT2D eigenvalue weighted by Gasteiger charge is -2.14. The molecule has 0 heterocycles. The molecule has 0 atom stereocenters. The summed E-state index contributed by atoms with van der Waals surface area (Å²) in [5.74, 6) is 1.82. The predicted molar refractivity (Wildman–Crippen MR) is 138 cm³/mol. The number of carbonyl (C=O) groups is 1. The topological polar surface area (TPSA) is 89.8 Å². The summed E-state index contributed by atoms with van der Waals surface area (Å²) in [7, 11) is 3.12. The number of nitrogens with zero attached hydrogens (tertiary/aromatic N) is 1. The van der Waals surface area contributed by atoms with Crippen LogP contribution in [-0.4, -0.2) is 33.3 Å². The Labute approximate surface area is 213 Å². The van der Waals surface area contributed by atoms with Gasteiger partial charge in [0.2, 0.25) is 0 Å². The Hall–Kier alpha value is -3.96. The van der Waals surface area contributed by atoms with Gasteiger partial charge in [-0.1, -0.05) is 24.3 Å². The van der Waals surface area contributed by atoms with E-state index < -0.39 is 5.91 Å². The monoisotopic (exact) mass is 536 g/mol. The van der Waals surface area contributed by atoms with Crippen molar-refractivity contribution in [3.8, 4) is 29.1 Å². The van der Waals surface area contributed by atoms with E-state index in [2.05, 4.69) is 21.2 Å². The number of rotatable bonds is 10. The summed E-state index contributed by atoms with van der Waals surface area (Å²) < 4.78 is 22.9. The number of methoxy groups -OCH3 is 2. The van der Waals surface area contributed by atoms with E-state index in [0.717, 1.165) is 5.56 Å². The van der Waals surface area contributed by atoms with Crippen LogP contribution in [0.3, 0.4) is 0 Å². The van der Waals surface area contributed by atoms with E-state index >= 15 is 0 Å². The van der Waals surface area contributed by atoms with Crippen LogP contribution >= 0.6 is 15.9 Å². The van der Waals surface area contributed by atoms with Crippen molar-refractivity contribution in [3.05, 3.63) is 81.8 Å². The first-order chi connectivity index (χ1) is 16.9. The van der Waals surface area contributed by atoms with Gasteiger partial charge in [-0.05, 0) is 70.4 Å². The van der Waals surface area contributed by atoms with Crippen LogP contribution in [0.25, 0.3) is 6.08 Å². The van der Waals surface area contributed by atoms with Gasteiger partial charge in [0.05, 0.1) is 18.7 Å². The molecule has 180 valence electrons. The zero-order chi connectivity index (χ0) is 25.2. The second-order valence-corrected chi connectivity index (χ2v) is 8.20. The SMILES string of the molecule is COc1cccc(OCCOc2c(Br)cc(/C=C(\C#N)C(=O)Nc3ccccc3C)cc2OC)c1. The quantitative estimate of drug-likeness (QED) is 0.200. The molecule has 0 radical (unpaired) electrons. The van der Waals surface area contributed by atoms with Crippen molar-refractivity contribution in [1.82, 2.24) is 0 Å². The average Bonchev–Trinajstić information content (AvgIpc) is 2.87. The minimum atomic E-state index is -0.494. The molecule has 0 aliphatic heterocycles. The number of nitrogens with one attached hydrogen (secondary N) is 1. The number of aryl methyl sites for hydroxylation is 1. The molecule has 0 bridgehead atoms. The molecule has 7 nitrogen and oxygen atoms in total. The van der Waals surface area contributed by atoms with Crippen LogP contribution in [0.15, 0.2) is 70.7 Å². The Morgan fingerprint density at radius 1 is 1.00 bits per heavy atom. The van der Waals surface area contributed by atoms with Gasteiger partial charge in [-0.15, -0.1) is 0 Å². The van der Waals surface area contributed by atoms with Crippen molar-refractivity contribution in [2.24, 2.45) is 0 Å². The molecule has 0 saturated heterocycles. The number of anilines is 1. The number of carbonyl (C=O) groups excluding carboxylic acids is 1. The number of ether oxygens (including phenoxy) is 4. The Morgan fingerprint density at radius 2 is 1.74 bits per heavy atom. The minimum absolute atomic E-state index is 0.0393. The minimum Gasteiger partial charge on any atom is -0.497 e. The zero-order valence-electron chi connectivity index (χ0n) is 19.6. The summed E-state index contributed by atoms with van der Waals surface area (Å²) in [6, 6.07) is 20.1. The second kappa shape index (κ2) is 12.5.